The van der Waals surface area contributed by atoms with Gasteiger partial charge in [-0.15, -0.1) is 0 Å². The molecule has 1 aromatic heterocycles. The summed E-state index contributed by atoms with van der Waals surface area (Å²) in [5.41, 5.74) is 4.96. The summed E-state index contributed by atoms with van der Waals surface area (Å²) in [6.45, 7) is 6.30. The largest absolute Gasteiger partial charge is 0.368 e. The summed E-state index contributed by atoms with van der Waals surface area (Å²) in [6.07, 6.45) is 2.24. The van der Waals surface area contributed by atoms with Crippen molar-refractivity contribution >= 4 is 5.95 Å². The van der Waals surface area contributed by atoms with E-state index in [1.54, 1.807) is 0 Å². The summed E-state index contributed by atoms with van der Waals surface area (Å²) < 4.78 is 7.31. The molecule has 1 aromatic rings. The van der Waals surface area contributed by atoms with Gasteiger partial charge in [0.2, 0.25) is 5.95 Å². The van der Waals surface area contributed by atoms with E-state index in [-0.39, 0.29) is 24.2 Å². The Morgan fingerprint density at radius 1 is 1.47 bits per heavy atom. The van der Waals surface area contributed by atoms with Crippen LogP contribution in [0.15, 0.2) is 11.1 Å². The van der Waals surface area contributed by atoms with Crippen molar-refractivity contribution in [3.05, 3.63) is 16.8 Å². The summed E-state index contributed by atoms with van der Waals surface area (Å²) in [4.78, 5) is 19.2. The van der Waals surface area contributed by atoms with Crippen molar-refractivity contribution in [2.24, 2.45) is 11.8 Å². The van der Waals surface area contributed by atoms with Gasteiger partial charge in [0.05, 0.1) is 6.10 Å². The first-order valence-electron chi connectivity index (χ1n) is 5.90. The van der Waals surface area contributed by atoms with Crippen LogP contribution in [-0.4, -0.2) is 20.6 Å². The van der Waals surface area contributed by atoms with E-state index in [2.05, 4.69) is 30.7 Å². The molecule has 0 radical (unpaired) electrons. The number of ether oxygens (including phenoxy) is 1. The van der Waals surface area contributed by atoms with Gasteiger partial charge in [-0.3, -0.25) is 4.57 Å². The number of rotatable bonds is 2. The Hall–Kier alpha value is -1.43. The minimum absolute atomic E-state index is 0.00279. The highest BCUT2D eigenvalue weighted by atomic mass is 16.5. The predicted molar refractivity (Wildman–Crippen MR) is 63.2 cm³/mol. The molecule has 2 heterocycles. The van der Waals surface area contributed by atoms with Crippen molar-refractivity contribution in [1.82, 2.24) is 14.5 Å². The highest BCUT2D eigenvalue weighted by Gasteiger charge is 2.39. The first-order chi connectivity index (χ1) is 8.04. The van der Waals surface area contributed by atoms with Gasteiger partial charge in [0, 0.05) is 5.92 Å². The number of aromatic nitrogens is 3. The molecule has 4 atom stereocenters. The average Bonchev–Trinajstić information content (AvgIpc) is 2.57. The lowest BCUT2D eigenvalue weighted by molar-refractivity contribution is -0.0174. The SMILES string of the molecule is CC[C@H]1OC(n2cnc(N)nc2=O)C(C)[C@H]1C. The number of nitrogens with two attached hydrogens (primary N) is 1. The Morgan fingerprint density at radius 3 is 2.71 bits per heavy atom. The Bertz CT molecular complexity index is 459. The van der Waals surface area contributed by atoms with Crippen LogP contribution in [0.4, 0.5) is 5.95 Å². The van der Waals surface area contributed by atoms with Crippen LogP contribution in [0.5, 0.6) is 0 Å². The van der Waals surface area contributed by atoms with Crippen molar-refractivity contribution in [3.8, 4) is 0 Å². The van der Waals surface area contributed by atoms with E-state index >= 15 is 0 Å². The van der Waals surface area contributed by atoms with E-state index in [9.17, 15) is 4.79 Å². The molecule has 1 aliphatic rings. The van der Waals surface area contributed by atoms with E-state index in [1.807, 2.05) is 0 Å². The standard InChI is InChI=1S/C11H18N4O2/c1-4-8-6(2)7(3)9(17-8)15-5-13-10(12)14-11(15)16/h5-9H,4H2,1-3H3,(H2,12,14,16)/t6-,7?,8-,9?/m1/s1. The van der Waals surface area contributed by atoms with Crippen molar-refractivity contribution in [1.29, 1.82) is 0 Å². The molecule has 1 aliphatic heterocycles. The molecule has 0 spiro atoms. The molecule has 17 heavy (non-hydrogen) atoms. The van der Waals surface area contributed by atoms with Crippen LogP contribution in [0.2, 0.25) is 0 Å². The van der Waals surface area contributed by atoms with Crippen LogP contribution >= 0.6 is 0 Å². The van der Waals surface area contributed by atoms with Gasteiger partial charge in [-0.2, -0.15) is 4.98 Å². The molecule has 0 aliphatic carbocycles. The molecule has 2 unspecified atom stereocenters. The molecular formula is C11H18N4O2. The van der Waals surface area contributed by atoms with Crippen molar-refractivity contribution in [2.45, 2.75) is 39.5 Å². The Morgan fingerprint density at radius 2 is 2.18 bits per heavy atom. The number of anilines is 1. The number of nitrogen functional groups attached to an aromatic ring is 1. The smallest absolute Gasteiger partial charge is 0.354 e. The van der Waals surface area contributed by atoms with Gasteiger partial charge in [-0.1, -0.05) is 20.8 Å². The maximum Gasteiger partial charge on any atom is 0.354 e. The van der Waals surface area contributed by atoms with Crippen LogP contribution in [0.3, 0.4) is 0 Å². The predicted octanol–water partition coefficient (Wildman–Crippen LogP) is 0.800. The van der Waals surface area contributed by atoms with Crippen LogP contribution in [0, 0.1) is 11.8 Å². The molecule has 0 aromatic carbocycles. The third-order valence-corrected chi connectivity index (χ3v) is 3.60. The van der Waals surface area contributed by atoms with Crippen LogP contribution in [0.1, 0.15) is 33.4 Å². The van der Waals surface area contributed by atoms with Gasteiger partial charge in [-0.25, -0.2) is 9.78 Å². The van der Waals surface area contributed by atoms with Crippen LogP contribution in [0.25, 0.3) is 0 Å². The van der Waals surface area contributed by atoms with E-state index in [4.69, 9.17) is 10.5 Å². The first kappa shape index (κ1) is 12.0. The fourth-order valence-corrected chi connectivity index (χ4v) is 2.34. The molecule has 2 rings (SSSR count). The minimum Gasteiger partial charge on any atom is -0.368 e. The van der Waals surface area contributed by atoms with Crippen LogP contribution < -0.4 is 11.4 Å². The normalized spacial score (nSPS) is 32.9. The van der Waals surface area contributed by atoms with Gasteiger partial charge in [0.1, 0.15) is 12.6 Å². The van der Waals surface area contributed by atoms with Gasteiger partial charge >= 0.3 is 5.69 Å². The second kappa shape index (κ2) is 4.44. The zero-order chi connectivity index (χ0) is 12.6. The molecule has 6 heteroatoms. The van der Waals surface area contributed by atoms with Gasteiger partial charge in [-0.05, 0) is 12.3 Å². The monoisotopic (exact) mass is 238 g/mol. The average molecular weight is 238 g/mol. The summed E-state index contributed by atoms with van der Waals surface area (Å²) in [7, 11) is 0. The van der Waals surface area contributed by atoms with E-state index < -0.39 is 5.69 Å². The maximum atomic E-state index is 11.7. The molecule has 2 N–H and O–H groups in total. The van der Waals surface area contributed by atoms with E-state index in [1.165, 1.54) is 10.9 Å². The molecule has 0 saturated carbocycles. The van der Waals surface area contributed by atoms with Crippen molar-refractivity contribution in [2.75, 3.05) is 5.73 Å². The fourth-order valence-electron chi connectivity index (χ4n) is 2.34. The van der Waals surface area contributed by atoms with E-state index in [0.29, 0.717) is 5.92 Å². The lowest BCUT2D eigenvalue weighted by Crippen LogP contribution is -2.30. The van der Waals surface area contributed by atoms with Gasteiger partial charge < -0.3 is 10.5 Å². The molecular weight excluding hydrogens is 220 g/mol. The number of hydrogen-bond acceptors (Lipinski definition) is 5. The van der Waals surface area contributed by atoms with E-state index in [0.717, 1.165) is 6.42 Å². The van der Waals surface area contributed by atoms with Crippen molar-refractivity contribution < 1.29 is 4.74 Å². The summed E-state index contributed by atoms with van der Waals surface area (Å²) >= 11 is 0. The second-order valence-corrected chi connectivity index (χ2v) is 4.60. The van der Waals surface area contributed by atoms with Crippen molar-refractivity contribution in [3.63, 3.8) is 0 Å². The number of nitrogens with zero attached hydrogens (tertiary/aromatic N) is 3. The Balaban J connectivity index is 2.32. The van der Waals surface area contributed by atoms with Gasteiger partial charge in [0.15, 0.2) is 0 Å². The molecule has 94 valence electrons. The summed E-state index contributed by atoms with van der Waals surface area (Å²) in [5, 5.41) is 0. The summed E-state index contributed by atoms with van der Waals surface area (Å²) in [6, 6.07) is 0. The molecule has 1 saturated heterocycles. The maximum absolute atomic E-state index is 11.7. The lowest BCUT2D eigenvalue weighted by atomic mass is 9.92. The molecule has 0 amide bonds. The lowest BCUT2D eigenvalue weighted by Gasteiger charge is -2.17. The summed E-state index contributed by atoms with van der Waals surface area (Å²) in [5.74, 6) is 0.663. The third-order valence-electron chi connectivity index (χ3n) is 3.60. The Labute approximate surface area is 99.8 Å². The zero-order valence-corrected chi connectivity index (χ0v) is 10.3. The second-order valence-electron chi connectivity index (χ2n) is 4.60. The third kappa shape index (κ3) is 2.04. The molecule has 6 nitrogen and oxygen atoms in total. The van der Waals surface area contributed by atoms with Gasteiger partial charge in [0.25, 0.3) is 0 Å². The highest BCUT2D eigenvalue weighted by molar-refractivity contribution is 5.09. The fraction of sp³-hybridized carbons (Fsp3) is 0.727. The number of hydrogen-bond donors (Lipinski definition) is 1. The highest BCUT2D eigenvalue weighted by Crippen LogP contribution is 2.38. The topological polar surface area (TPSA) is 83.0 Å². The van der Waals surface area contributed by atoms with Crippen LogP contribution in [-0.2, 0) is 4.74 Å². The molecule has 0 bridgehead atoms. The first-order valence-corrected chi connectivity index (χ1v) is 5.90. The quantitative estimate of drug-likeness (QED) is 0.824. The minimum atomic E-state index is -0.404. The zero-order valence-electron chi connectivity index (χ0n) is 10.3. The Kier molecular flexibility index (Phi) is 3.15. The molecule has 1 fully saturated rings.